The van der Waals surface area contributed by atoms with Gasteiger partial charge in [-0.2, -0.15) is 4.98 Å². The number of nitrogens with zero attached hydrogens (tertiary/aromatic N) is 4. The first-order chi connectivity index (χ1) is 19.0. The van der Waals surface area contributed by atoms with Crippen molar-refractivity contribution in [2.45, 2.75) is 25.7 Å². The molecule has 0 bridgehead atoms. The minimum atomic E-state index is -0.695. The van der Waals surface area contributed by atoms with Crippen molar-refractivity contribution in [1.82, 2.24) is 14.9 Å². The Morgan fingerprint density at radius 2 is 1.85 bits per heavy atom. The number of ether oxygens (including phenoxy) is 4. The number of likely N-dealkylation sites (tertiary alicyclic amines) is 1. The molecule has 0 spiro atoms. The largest absolute Gasteiger partial charge is 0.493 e. The van der Waals surface area contributed by atoms with Gasteiger partial charge in [-0.3, -0.25) is 4.90 Å². The molecule has 208 valence electrons. The highest BCUT2D eigenvalue weighted by Gasteiger charge is 2.20. The molecule has 0 aliphatic carbocycles. The molecule has 1 aliphatic heterocycles. The predicted molar refractivity (Wildman–Crippen MR) is 146 cm³/mol. The number of hydrogen-bond acceptors (Lipinski definition) is 9. The number of carbonyl (C=O) groups excluding carboxylic acids is 1. The lowest BCUT2D eigenvalue weighted by atomic mass is 10.1. The fraction of sp³-hybridized carbons (Fsp3) is 0.393. The zero-order valence-corrected chi connectivity index (χ0v) is 22.5. The van der Waals surface area contributed by atoms with Crippen molar-refractivity contribution < 1.29 is 28.1 Å². The minimum Gasteiger partial charge on any atom is -0.493 e. The van der Waals surface area contributed by atoms with E-state index in [0.717, 1.165) is 26.1 Å². The van der Waals surface area contributed by atoms with Crippen LogP contribution in [0.4, 0.5) is 26.6 Å². The first-order valence-electron chi connectivity index (χ1n) is 12.9. The molecule has 1 aliphatic rings. The SMILES string of the molecule is COc1cccc(OC(=O)N(C)c2ccnc(Nc3ccc(OCCCN4CCCCC4)c(F)c3)n2)c1OC. The Morgan fingerprint density at radius 3 is 2.59 bits per heavy atom. The summed E-state index contributed by atoms with van der Waals surface area (Å²) < 4.78 is 36.4. The van der Waals surface area contributed by atoms with Crippen LogP contribution in [-0.2, 0) is 0 Å². The number of benzene rings is 2. The molecule has 2 heterocycles. The van der Waals surface area contributed by atoms with E-state index in [4.69, 9.17) is 18.9 Å². The monoisotopic (exact) mass is 539 g/mol. The Morgan fingerprint density at radius 1 is 1.05 bits per heavy atom. The second-order valence-corrected chi connectivity index (χ2v) is 9.03. The smallest absolute Gasteiger partial charge is 0.420 e. The van der Waals surface area contributed by atoms with Gasteiger partial charge in [-0.15, -0.1) is 0 Å². The summed E-state index contributed by atoms with van der Waals surface area (Å²) in [5.74, 6) is 1.09. The third-order valence-corrected chi connectivity index (χ3v) is 6.34. The molecule has 0 unspecified atom stereocenters. The Hall–Kier alpha value is -4.12. The van der Waals surface area contributed by atoms with Crippen LogP contribution < -0.4 is 29.2 Å². The summed E-state index contributed by atoms with van der Waals surface area (Å²) in [7, 11) is 4.46. The van der Waals surface area contributed by atoms with Crippen molar-refractivity contribution in [2.75, 3.05) is 57.7 Å². The lowest BCUT2D eigenvalue weighted by Crippen LogP contribution is -2.31. The van der Waals surface area contributed by atoms with Crippen LogP contribution in [0, 0.1) is 5.82 Å². The molecule has 0 radical (unpaired) electrons. The predicted octanol–water partition coefficient (Wildman–Crippen LogP) is 5.27. The molecule has 10 nitrogen and oxygen atoms in total. The summed E-state index contributed by atoms with van der Waals surface area (Å²) in [6, 6.07) is 11.1. The highest BCUT2D eigenvalue weighted by molar-refractivity contribution is 5.88. The highest BCUT2D eigenvalue weighted by Crippen LogP contribution is 2.37. The fourth-order valence-corrected chi connectivity index (χ4v) is 4.27. The van der Waals surface area contributed by atoms with Crippen LogP contribution >= 0.6 is 0 Å². The van der Waals surface area contributed by atoms with Crippen molar-refractivity contribution >= 4 is 23.5 Å². The maximum absolute atomic E-state index is 14.7. The fourth-order valence-electron chi connectivity index (χ4n) is 4.27. The first kappa shape index (κ1) is 27.9. The van der Waals surface area contributed by atoms with Crippen molar-refractivity contribution in [3.05, 3.63) is 54.5 Å². The molecule has 1 N–H and O–H groups in total. The summed E-state index contributed by atoms with van der Waals surface area (Å²) in [4.78, 5) is 25.0. The molecule has 4 rings (SSSR count). The maximum Gasteiger partial charge on any atom is 0.420 e. The van der Waals surface area contributed by atoms with Gasteiger partial charge in [-0.1, -0.05) is 12.5 Å². The van der Waals surface area contributed by atoms with E-state index in [1.54, 1.807) is 36.4 Å². The van der Waals surface area contributed by atoms with E-state index < -0.39 is 11.9 Å². The highest BCUT2D eigenvalue weighted by atomic mass is 19.1. The van der Waals surface area contributed by atoms with E-state index in [0.29, 0.717) is 23.8 Å². The van der Waals surface area contributed by atoms with Crippen LogP contribution in [0.5, 0.6) is 23.0 Å². The lowest BCUT2D eigenvalue weighted by Gasteiger charge is -2.26. The average Bonchev–Trinajstić information content (AvgIpc) is 2.96. The summed E-state index contributed by atoms with van der Waals surface area (Å²) in [5, 5.41) is 2.96. The van der Waals surface area contributed by atoms with Gasteiger partial charge in [0.15, 0.2) is 23.1 Å². The van der Waals surface area contributed by atoms with Gasteiger partial charge in [0.2, 0.25) is 11.7 Å². The third-order valence-electron chi connectivity index (χ3n) is 6.34. The Kier molecular flexibility index (Phi) is 9.74. The molecule has 1 saturated heterocycles. The summed E-state index contributed by atoms with van der Waals surface area (Å²) >= 11 is 0. The standard InChI is InChI=1S/C28H34FN5O5/c1-33(28(35)39-24-10-7-9-23(36-2)26(24)37-3)25-13-14-30-27(32-25)31-20-11-12-22(21(29)19-20)38-18-8-17-34-15-5-4-6-16-34/h7,9-14,19H,4-6,8,15-18H2,1-3H3,(H,30,31,32). The zero-order valence-electron chi connectivity index (χ0n) is 22.5. The van der Waals surface area contributed by atoms with Crippen molar-refractivity contribution in [2.24, 2.45) is 0 Å². The number of halogens is 1. The summed E-state index contributed by atoms with van der Waals surface area (Å²) in [5.41, 5.74) is 0.441. The number of nitrogens with one attached hydrogen (secondary N) is 1. The molecule has 2 aromatic carbocycles. The molecule has 0 saturated carbocycles. The van der Waals surface area contributed by atoms with Crippen molar-refractivity contribution in [1.29, 1.82) is 0 Å². The van der Waals surface area contributed by atoms with Gasteiger partial charge >= 0.3 is 6.09 Å². The zero-order chi connectivity index (χ0) is 27.6. The number of amides is 1. The number of carbonyl (C=O) groups is 1. The Balaban J connectivity index is 1.33. The van der Waals surface area contributed by atoms with Crippen LogP contribution in [0.15, 0.2) is 48.7 Å². The van der Waals surface area contributed by atoms with E-state index in [1.165, 1.54) is 57.7 Å². The number of anilines is 3. The average molecular weight is 540 g/mol. The molecule has 1 aromatic heterocycles. The van der Waals surface area contributed by atoms with Gasteiger partial charge in [0.05, 0.1) is 20.8 Å². The van der Waals surface area contributed by atoms with Gasteiger partial charge < -0.3 is 29.2 Å². The number of para-hydroxylation sites is 1. The molecule has 1 fully saturated rings. The number of methoxy groups -OCH3 is 2. The molecular formula is C28H34FN5O5. The molecule has 39 heavy (non-hydrogen) atoms. The second kappa shape index (κ2) is 13.6. The van der Waals surface area contributed by atoms with Gasteiger partial charge in [0.25, 0.3) is 0 Å². The maximum atomic E-state index is 14.7. The van der Waals surface area contributed by atoms with E-state index in [1.807, 2.05) is 0 Å². The summed E-state index contributed by atoms with van der Waals surface area (Å²) in [6.45, 7) is 3.68. The van der Waals surface area contributed by atoms with Crippen molar-refractivity contribution in [3.63, 3.8) is 0 Å². The van der Waals surface area contributed by atoms with E-state index in [-0.39, 0.29) is 23.3 Å². The van der Waals surface area contributed by atoms with Crippen molar-refractivity contribution in [3.8, 4) is 23.0 Å². The third kappa shape index (κ3) is 7.47. The Bertz CT molecular complexity index is 1250. The number of hydrogen-bond donors (Lipinski definition) is 1. The first-order valence-corrected chi connectivity index (χ1v) is 12.9. The van der Waals surface area contributed by atoms with Gasteiger partial charge in [-0.25, -0.2) is 14.2 Å². The minimum absolute atomic E-state index is 0.181. The van der Waals surface area contributed by atoms with Crippen LogP contribution in [-0.4, -0.2) is 68.5 Å². The number of piperidine rings is 1. The molecule has 3 aromatic rings. The van der Waals surface area contributed by atoms with Crippen LogP contribution in [0.2, 0.25) is 0 Å². The van der Waals surface area contributed by atoms with Crippen LogP contribution in [0.3, 0.4) is 0 Å². The van der Waals surface area contributed by atoms with Crippen LogP contribution in [0.25, 0.3) is 0 Å². The normalized spacial score (nSPS) is 13.4. The number of aromatic nitrogens is 2. The Labute approximate surface area is 227 Å². The van der Waals surface area contributed by atoms with E-state index >= 15 is 0 Å². The van der Waals surface area contributed by atoms with Crippen LogP contribution in [0.1, 0.15) is 25.7 Å². The second-order valence-electron chi connectivity index (χ2n) is 9.03. The molecule has 11 heteroatoms. The number of rotatable bonds is 11. The molecule has 0 atom stereocenters. The molecule has 1 amide bonds. The van der Waals surface area contributed by atoms with Gasteiger partial charge in [0.1, 0.15) is 5.82 Å². The van der Waals surface area contributed by atoms with Gasteiger partial charge in [-0.05, 0) is 62.7 Å². The lowest BCUT2D eigenvalue weighted by molar-refractivity contribution is 0.203. The topological polar surface area (TPSA) is 98.3 Å². The summed E-state index contributed by atoms with van der Waals surface area (Å²) in [6.07, 6.45) is 5.43. The van der Waals surface area contributed by atoms with Gasteiger partial charge in [0, 0.05) is 31.5 Å². The quantitative estimate of drug-likeness (QED) is 0.327. The van der Waals surface area contributed by atoms with E-state index in [9.17, 15) is 9.18 Å². The molecular weight excluding hydrogens is 505 g/mol. The van der Waals surface area contributed by atoms with E-state index in [2.05, 4.69) is 20.2 Å².